The van der Waals surface area contributed by atoms with Crippen LogP contribution in [0, 0.1) is 5.92 Å². The molecule has 20 heavy (non-hydrogen) atoms. The predicted octanol–water partition coefficient (Wildman–Crippen LogP) is 2.03. The third-order valence-corrected chi connectivity index (χ3v) is 4.09. The number of hydrogen-bond acceptors (Lipinski definition) is 5. The van der Waals surface area contributed by atoms with Crippen LogP contribution in [0.5, 0.6) is 0 Å². The van der Waals surface area contributed by atoms with E-state index in [4.69, 9.17) is 4.74 Å². The zero-order valence-electron chi connectivity index (χ0n) is 11.5. The number of ether oxygens (including phenoxy) is 1. The Labute approximate surface area is 135 Å². The van der Waals surface area contributed by atoms with Gasteiger partial charge in [-0.15, -0.1) is 36.2 Å². The zero-order valence-corrected chi connectivity index (χ0v) is 14.0. The highest BCUT2D eigenvalue weighted by atomic mass is 35.5. The summed E-state index contributed by atoms with van der Waals surface area (Å²) in [7, 11) is 0. The summed E-state index contributed by atoms with van der Waals surface area (Å²) in [4.78, 5) is 16.8. The summed E-state index contributed by atoms with van der Waals surface area (Å²) < 4.78 is 5.45. The lowest BCUT2D eigenvalue weighted by Crippen LogP contribution is -2.48. The molecule has 1 amide bonds. The van der Waals surface area contributed by atoms with Crippen LogP contribution in [0.1, 0.15) is 34.6 Å². The maximum Gasteiger partial charge on any atom is 0.263 e. The molecular formula is C12H21Cl2N3O2S. The molecule has 2 heterocycles. The smallest absolute Gasteiger partial charge is 0.263 e. The van der Waals surface area contributed by atoms with E-state index < -0.39 is 0 Å². The lowest BCUT2D eigenvalue weighted by Gasteiger charge is -2.26. The Hall–Kier alpha value is -0.400. The number of halogens is 2. The third kappa shape index (κ3) is 5.18. The van der Waals surface area contributed by atoms with E-state index in [1.807, 2.05) is 13.8 Å². The first-order valence-electron chi connectivity index (χ1n) is 6.27. The molecule has 1 aromatic heterocycles. The third-order valence-electron chi connectivity index (χ3n) is 2.93. The Bertz CT molecular complexity index is 413. The SMILES string of the molecule is CCOC(C)c1ncc(C(=O)NCC2CNC2)s1.Cl.Cl. The topological polar surface area (TPSA) is 63.2 Å². The highest BCUT2D eigenvalue weighted by molar-refractivity contribution is 7.13. The van der Waals surface area contributed by atoms with Gasteiger partial charge in [-0.05, 0) is 13.8 Å². The fourth-order valence-corrected chi connectivity index (χ4v) is 2.55. The van der Waals surface area contributed by atoms with Crippen LogP contribution >= 0.6 is 36.2 Å². The van der Waals surface area contributed by atoms with E-state index in [0.29, 0.717) is 17.4 Å². The van der Waals surface area contributed by atoms with Gasteiger partial charge in [0, 0.05) is 32.2 Å². The summed E-state index contributed by atoms with van der Waals surface area (Å²) in [5, 5.41) is 6.97. The van der Waals surface area contributed by atoms with Gasteiger partial charge in [0.15, 0.2) is 0 Å². The fourth-order valence-electron chi connectivity index (χ4n) is 1.72. The van der Waals surface area contributed by atoms with Gasteiger partial charge in [0.1, 0.15) is 16.0 Å². The summed E-state index contributed by atoms with van der Waals surface area (Å²) in [6, 6.07) is 0. The summed E-state index contributed by atoms with van der Waals surface area (Å²) in [5.41, 5.74) is 0. The van der Waals surface area contributed by atoms with E-state index in [-0.39, 0.29) is 36.8 Å². The molecule has 2 rings (SSSR count). The maximum atomic E-state index is 11.9. The average molecular weight is 342 g/mol. The molecule has 5 nitrogen and oxygen atoms in total. The van der Waals surface area contributed by atoms with E-state index >= 15 is 0 Å². The van der Waals surface area contributed by atoms with Gasteiger partial charge in [-0.2, -0.15) is 0 Å². The van der Waals surface area contributed by atoms with E-state index in [9.17, 15) is 4.79 Å². The van der Waals surface area contributed by atoms with Crippen molar-refractivity contribution in [2.45, 2.75) is 20.0 Å². The molecule has 8 heteroatoms. The van der Waals surface area contributed by atoms with Gasteiger partial charge in [-0.3, -0.25) is 4.79 Å². The Morgan fingerprint density at radius 2 is 2.30 bits per heavy atom. The van der Waals surface area contributed by atoms with Crippen LogP contribution in [-0.4, -0.2) is 37.1 Å². The molecule has 1 aliphatic rings. The Morgan fingerprint density at radius 3 is 2.85 bits per heavy atom. The van der Waals surface area contributed by atoms with E-state index in [1.165, 1.54) is 11.3 Å². The second-order valence-electron chi connectivity index (χ2n) is 4.39. The number of nitrogens with zero attached hydrogens (tertiary/aromatic N) is 1. The van der Waals surface area contributed by atoms with Crippen molar-refractivity contribution in [2.24, 2.45) is 5.92 Å². The van der Waals surface area contributed by atoms with Crippen molar-refractivity contribution in [3.63, 3.8) is 0 Å². The Balaban J connectivity index is 0.00000180. The quantitative estimate of drug-likeness (QED) is 0.830. The molecule has 0 aliphatic carbocycles. The summed E-state index contributed by atoms with van der Waals surface area (Å²) in [6.45, 7) is 7.27. The minimum atomic E-state index is -0.0441. The van der Waals surface area contributed by atoms with Gasteiger partial charge < -0.3 is 15.4 Å². The summed E-state index contributed by atoms with van der Waals surface area (Å²) >= 11 is 1.40. The van der Waals surface area contributed by atoms with Crippen molar-refractivity contribution < 1.29 is 9.53 Å². The largest absolute Gasteiger partial charge is 0.372 e. The van der Waals surface area contributed by atoms with Crippen LogP contribution in [0.15, 0.2) is 6.20 Å². The van der Waals surface area contributed by atoms with Gasteiger partial charge in [0.05, 0.1) is 6.20 Å². The average Bonchev–Trinajstić information content (AvgIpc) is 2.76. The molecule has 1 saturated heterocycles. The van der Waals surface area contributed by atoms with Crippen molar-refractivity contribution in [3.8, 4) is 0 Å². The molecule has 0 saturated carbocycles. The first kappa shape index (κ1) is 19.6. The van der Waals surface area contributed by atoms with Crippen LogP contribution in [0.4, 0.5) is 0 Å². The lowest BCUT2D eigenvalue weighted by atomic mass is 10.0. The molecule has 0 aromatic carbocycles. The van der Waals surface area contributed by atoms with Crippen molar-refractivity contribution in [1.82, 2.24) is 15.6 Å². The normalized spacial score (nSPS) is 15.5. The van der Waals surface area contributed by atoms with Crippen LogP contribution in [0.25, 0.3) is 0 Å². The maximum absolute atomic E-state index is 11.9. The second kappa shape index (κ2) is 9.52. The van der Waals surface area contributed by atoms with E-state index in [0.717, 1.165) is 24.6 Å². The Morgan fingerprint density at radius 1 is 1.60 bits per heavy atom. The molecule has 0 radical (unpaired) electrons. The molecule has 0 bridgehead atoms. The fraction of sp³-hybridized carbons (Fsp3) is 0.667. The lowest BCUT2D eigenvalue weighted by molar-refractivity contribution is 0.0762. The second-order valence-corrected chi connectivity index (χ2v) is 5.46. The molecular weight excluding hydrogens is 321 g/mol. The van der Waals surface area contributed by atoms with Crippen LogP contribution in [-0.2, 0) is 4.74 Å². The molecule has 1 aliphatic heterocycles. The van der Waals surface area contributed by atoms with Gasteiger partial charge in [0.2, 0.25) is 0 Å². The van der Waals surface area contributed by atoms with Gasteiger partial charge >= 0.3 is 0 Å². The van der Waals surface area contributed by atoms with Crippen LogP contribution in [0.2, 0.25) is 0 Å². The number of rotatable bonds is 6. The van der Waals surface area contributed by atoms with Crippen molar-refractivity contribution in [3.05, 3.63) is 16.1 Å². The molecule has 0 spiro atoms. The highest BCUT2D eigenvalue weighted by Gasteiger charge is 2.19. The van der Waals surface area contributed by atoms with E-state index in [1.54, 1.807) is 6.20 Å². The first-order chi connectivity index (χ1) is 8.70. The monoisotopic (exact) mass is 341 g/mol. The van der Waals surface area contributed by atoms with Gasteiger partial charge in [0.25, 0.3) is 5.91 Å². The van der Waals surface area contributed by atoms with Crippen LogP contribution < -0.4 is 10.6 Å². The van der Waals surface area contributed by atoms with Gasteiger partial charge in [-0.25, -0.2) is 4.98 Å². The van der Waals surface area contributed by atoms with Crippen LogP contribution in [0.3, 0.4) is 0 Å². The molecule has 1 aromatic rings. The molecule has 1 unspecified atom stereocenters. The van der Waals surface area contributed by atoms with E-state index in [2.05, 4.69) is 15.6 Å². The number of carbonyl (C=O) groups excluding carboxylic acids is 1. The van der Waals surface area contributed by atoms with Crippen molar-refractivity contribution in [1.29, 1.82) is 0 Å². The first-order valence-corrected chi connectivity index (χ1v) is 7.08. The summed E-state index contributed by atoms with van der Waals surface area (Å²) in [5.74, 6) is 0.540. The van der Waals surface area contributed by atoms with Crippen molar-refractivity contribution >= 4 is 42.1 Å². The molecule has 1 atom stereocenters. The number of nitrogens with one attached hydrogen (secondary N) is 2. The minimum absolute atomic E-state index is 0. The Kier molecular flexibility index (Phi) is 9.33. The molecule has 1 fully saturated rings. The van der Waals surface area contributed by atoms with Gasteiger partial charge in [-0.1, -0.05) is 0 Å². The predicted molar refractivity (Wildman–Crippen MR) is 85.3 cm³/mol. The van der Waals surface area contributed by atoms with Crippen molar-refractivity contribution in [2.75, 3.05) is 26.2 Å². The number of thiazole rings is 1. The number of aromatic nitrogens is 1. The molecule has 2 N–H and O–H groups in total. The number of amides is 1. The number of hydrogen-bond donors (Lipinski definition) is 2. The molecule has 116 valence electrons. The standard InChI is InChI=1S/C12H19N3O2S.2ClH/c1-3-17-8(2)12-15-7-10(18-12)11(16)14-6-9-4-13-5-9;;/h7-9,13H,3-6H2,1-2H3,(H,14,16);2*1H. The summed E-state index contributed by atoms with van der Waals surface area (Å²) in [6.07, 6.45) is 1.58. The minimum Gasteiger partial charge on any atom is -0.372 e. The zero-order chi connectivity index (χ0) is 13.0. The highest BCUT2D eigenvalue weighted by Crippen LogP contribution is 2.22. The number of carbonyl (C=O) groups is 1.